The zero-order chi connectivity index (χ0) is 16.4. The third kappa shape index (κ3) is 3.00. The van der Waals surface area contributed by atoms with Crippen molar-refractivity contribution in [1.82, 2.24) is 4.98 Å². The molecule has 1 heterocycles. The van der Waals surface area contributed by atoms with E-state index in [0.717, 1.165) is 15.2 Å². The standard InChI is InChI=1S/C16H12N2O4S/c1-22-13-9-10(8-12(16(13)19)18(20)21)6-7-15-17-11-4-2-3-5-14(11)23-15/h2-9,19H,1H3/b7-6+. The Morgan fingerprint density at radius 3 is 2.78 bits per heavy atom. The fourth-order valence-corrected chi connectivity index (χ4v) is 3.00. The Balaban J connectivity index is 1.98. The highest BCUT2D eigenvalue weighted by molar-refractivity contribution is 7.19. The van der Waals surface area contributed by atoms with Crippen LogP contribution < -0.4 is 4.74 Å². The van der Waals surface area contributed by atoms with Gasteiger partial charge >= 0.3 is 5.69 Å². The maximum Gasteiger partial charge on any atom is 0.315 e. The summed E-state index contributed by atoms with van der Waals surface area (Å²) in [5, 5.41) is 21.5. The smallest absolute Gasteiger partial charge is 0.315 e. The lowest BCUT2D eigenvalue weighted by atomic mass is 10.1. The number of hydrogen-bond acceptors (Lipinski definition) is 6. The SMILES string of the molecule is COc1cc(/C=C/c2nc3ccccc3s2)cc([N+](=O)[O-])c1O. The maximum absolute atomic E-state index is 11.0. The van der Waals surface area contributed by atoms with Gasteiger partial charge in [0.1, 0.15) is 5.01 Å². The third-order valence-corrected chi connectivity index (χ3v) is 4.22. The van der Waals surface area contributed by atoms with Crippen LogP contribution in [0.2, 0.25) is 0 Å². The first-order valence-corrected chi connectivity index (χ1v) is 7.49. The number of aromatic nitrogens is 1. The summed E-state index contributed by atoms with van der Waals surface area (Å²) in [6.45, 7) is 0. The molecule has 23 heavy (non-hydrogen) atoms. The van der Waals surface area contributed by atoms with Crippen LogP contribution in [0.5, 0.6) is 11.5 Å². The van der Waals surface area contributed by atoms with Gasteiger partial charge in [-0.25, -0.2) is 4.98 Å². The Labute approximate surface area is 135 Å². The number of benzene rings is 2. The summed E-state index contributed by atoms with van der Waals surface area (Å²) in [5.41, 5.74) is 1.06. The van der Waals surface area contributed by atoms with Gasteiger partial charge in [0.2, 0.25) is 5.75 Å². The number of nitrogens with zero attached hydrogens (tertiary/aromatic N) is 2. The maximum atomic E-state index is 11.0. The summed E-state index contributed by atoms with van der Waals surface area (Å²) in [6.07, 6.45) is 3.48. The van der Waals surface area contributed by atoms with Crippen LogP contribution in [0.15, 0.2) is 36.4 Å². The van der Waals surface area contributed by atoms with Crippen LogP contribution in [0.25, 0.3) is 22.4 Å². The molecule has 0 atom stereocenters. The molecule has 2 aromatic carbocycles. The topological polar surface area (TPSA) is 85.5 Å². The molecule has 0 unspecified atom stereocenters. The Kier molecular flexibility index (Phi) is 3.94. The zero-order valence-electron chi connectivity index (χ0n) is 12.1. The van der Waals surface area contributed by atoms with Crippen LogP contribution in [-0.4, -0.2) is 22.1 Å². The van der Waals surface area contributed by atoms with Crippen molar-refractivity contribution >= 4 is 39.4 Å². The largest absolute Gasteiger partial charge is 0.500 e. The first kappa shape index (κ1) is 15.0. The molecule has 0 spiro atoms. The Bertz CT molecular complexity index is 885. The van der Waals surface area contributed by atoms with E-state index >= 15 is 0 Å². The van der Waals surface area contributed by atoms with Crippen molar-refractivity contribution in [3.63, 3.8) is 0 Å². The van der Waals surface area contributed by atoms with Gasteiger partial charge in [-0.3, -0.25) is 10.1 Å². The molecule has 0 amide bonds. The summed E-state index contributed by atoms with van der Waals surface area (Å²) >= 11 is 1.53. The first-order valence-electron chi connectivity index (χ1n) is 6.67. The molecule has 1 aromatic heterocycles. The second-order valence-corrected chi connectivity index (χ2v) is 5.76. The van der Waals surface area contributed by atoms with Crippen molar-refractivity contribution in [3.05, 3.63) is 57.1 Å². The molecule has 6 nitrogen and oxygen atoms in total. The Morgan fingerprint density at radius 2 is 2.09 bits per heavy atom. The van der Waals surface area contributed by atoms with E-state index in [0.29, 0.717) is 5.56 Å². The Morgan fingerprint density at radius 1 is 1.30 bits per heavy atom. The number of rotatable bonds is 4. The highest BCUT2D eigenvalue weighted by Gasteiger charge is 2.19. The molecular formula is C16H12N2O4S. The van der Waals surface area contributed by atoms with Gasteiger partial charge < -0.3 is 9.84 Å². The van der Waals surface area contributed by atoms with Crippen LogP contribution in [0, 0.1) is 10.1 Å². The van der Waals surface area contributed by atoms with Crippen molar-refractivity contribution < 1.29 is 14.8 Å². The molecule has 0 bridgehead atoms. The minimum Gasteiger partial charge on any atom is -0.500 e. The lowest BCUT2D eigenvalue weighted by Crippen LogP contribution is -1.93. The van der Waals surface area contributed by atoms with E-state index < -0.39 is 16.4 Å². The molecule has 3 aromatic rings. The van der Waals surface area contributed by atoms with Crippen molar-refractivity contribution in [2.24, 2.45) is 0 Å². The Hall–Kier alpha value is -2.93. The molecule has 0 saturated heterocycles. The number of hydrogen-bond donors (Lipinski definition) is 1. The molecule has 0 aliphatic rings. The quantitative estimate of drug-likeness (QED) is 0.576. The van der Waals surface area contributed by atoms with Gasteiger partial charge in [0, 0.05) is 6.07 Å². The molecule has 1 N–H and O–H groups in total. The van der Waals surface area contributed by atoms with Gasteiger partial charge in [0.25, 0.3) is 0 Å². The fourth-order valence-electron chi connectivity index (χ4n) is 2.13. The zero-order valence-corrected chi connectivity index (χ0v) is 12.9. The highest BCUT2D eigenvalue weighted by atomic mass is 32.1. The number of phenolic OH excluding ortho intramolecular Hbond substituents is 1. The molecule has 0 aliphatic heterocycles. The molecule has 3 rings (SSSR count). The molecule has 0 saturated carbocycles. The van der Waals surface area contributed by atoms with E-state index in [4.69, 9.17) is 4.74 Å². The highest BCUT2D eigenvalue weighted by Crippen LogP contribution is 2.37. The summed E-state index contributed by atoms with van der Waals surface area (Å²) in [5.74, 6) is -0.419. The van der Waals surface area contributed by atoms with Crippen molar-refractivity contribution in [2.75, 3.05) is 7.11 Å². The van der Waals surface area contributed by atoms with Gasteiger partial charge in [0.15, 0.2) is 5.75 Å². The molecule has 0 fully saturated rings. The molecule has 0 radical (unpaired) electrons. The van der Waals surface area contributed by atoms with Gasteiger partial charge in [-0.1, -0.05) is 18.2 Å². The predicted octanol–water partition coefficient (Wildman–Crippen LogP) is 4.09. The summed E-state index contributed by atoms with van der Waals surface area (Å²) < 4.78 is 6.05. The van der Waals surface area contributed by atoms with E-state index in [1.165, 1.54) is 30.6 Å². The van der Waals surface area contributed by atoms with E-state index in [2.05, 4.69) is 4.98 Å². The number of para-hydroxylation sites is 1. The van der Waals surface area contributed by atoms with E-state index in [1.807, 2.05) is 24.3 Å². The third-order valence-electron chi connectivity index (χ3n) is 3.22. The van der Waals surface area contributed by atoms with Crippen LogP contribution in [0.1, 0.15) is 10.6 Å². The van der Waals surface area contributed by atoms with Gasteiger partial charge in [0.05, 0.1) is 22.2 Å². The minimum atomic E-state index is -0.646. The normalized spacial score (nSPS) is 11.2. The minimum absolute atomic E-state index is 0.0585. The number of ether oxygens (including phenoxy) is 1. The average molecular weight is 328 g/mol. The second-order valence-electron chi connectivity index (χ2n) is 4.70. The van der Waals surface area contributed by atoms with Gasteiger partial charge in [-0.15, -0.1) is 11.3 Å². The number of thiazole rings is 1. The van der Waals surface area contributed by atoms with Crippen molar-refractivity contribution in [3.8, 4) is 11.5 Å². The number of phenols is 1. The van der Waals surface area contributed by atoms with Crippen LogP contribution in [0.4, 0.5) is 5.69 Å². The lowest BCUT2D eigenvalue weighted by molar-refractivity contribution is -0.386. The van der Waals surface area contributed by atoms with Crippen molar-refractivity contribution in [1.29, 1.82) is 0 Å². The molecule has 116 valence electrons. The fraction of sp³-hybridized carbons (Fsp3) is 0.0625. The number of methoxy groups -OCH3 is 1. The van der Waals surface area contributed by atoms with Gasteiger partial charge in [-0.2, -0.15) is 0 Å². The van der Waals surface area contributed by atoms with Crippen LogP contribution >= 0.6 is 11.3 Å². The number of nitro groups is 1. The molecule has 0 aliphatic carbocycles. The van der Waals surface area contributed by atoms with Crippen LogP contribution in [-0.2, 0) is 0 Å². The van der Waals surface area contributed by atoms with Crippen molar-refractivity contribution in [2.45, 2.75) is 0 Å². The first-order chi connectivity index (χ1) is 11.1. The number of fused-ring (bicyclic) bond motifs is 1. The van der Waals surface area contributed by atoms with E-state index in [1.54, 1.807) is 12.2 Å². The predicted molar refractivity (Wildman–Crippen MR) is 89.9 cm³/mol. The average Bonchev–Trinajstić information content (AvgIpc) is 2.96. The van der Waals surface area contributed by atoms with Gasteiger partial charge in [-0.05, 0) is 29.8 Å². The second kappa shape index (κ2) is 6.05. The number of nitro benzene ring substituents is 1. The summed E-state index contributed by atoms with van der Waals surface area (Å²) in [7, 11) is 1.35. The lowest BCUT2D eigenvalue weighted by Gasteiger charge is -2.05. The monoisotopic (exact) mass is 328 g/mol. The van der Waals surface area contributed by atoms with Crippen LogP contribution in [0.3, 0.4) is 0 Å². The van der Waals surface area contributed by atoms with E-state index in [-0.39, 0.29) is 5.75 Å². The molecular weight excluding hydrogens is 316 g/mol. The number of aromatic hydroxyl groups is 1. The summed E-state index contributed by atoms with van der Waals surface area (Å²) in [6, 6.07) is 10.6. The van der Waals surface area contributed by atoms with E-state index in [9.17, 15) is 15.2 Å². The molecule has 7 heteroatoms. The summed E-state index contributed by atoms with van der Waals surface area (Å²) in [4.78, 5) is 14.8.